The number of alkyl halides is 3. The number of halogens is 3. The molecule has 2 aromatic carbocycles. The summed E-state index contributed by atoms with van der Waals surface area (Å²) in [4.78, 5) is 20.4. The van der Waals surface area contributed by atoms with Gasteiger partial charge in [0.15, 0.2) is 5.69 Å². The summed E-state index contributed by atoms with van der Waals surface area (Å²) in [5.41, 5.74) is 0.785. The quantitative estimate of drug-likeness (QED) is 0.435. The summed E-state index contributed by atoms with van der Waals surface area (Å²) in [5, 5.41) is 2.77. The van der Waals surface area contributed by atoms with Crippen LogP contribution in [0.15, 0.2) is 59.2 Å². The number of methoxy groups -OCH3 is 1. The first-order valence-electron chi connectivity index (χ1n) is 11.0. The molecule has 0 atom stereocenters. The van der Waals surface area contributed by atoms with Crippen molar-refractivity contribution in [2.75, 3.05) is 34.3 Å². The van der Waals surface area contributed by atoms with Gasteiger partial charge in [-0.1, -0.05) is 36.4 Å². The molecule has 35 heavy (non-hydrogen) atoms. The summed E-state index contributed by atoms with van der Waals surface area (Å²) < 4.78 is 50.6. The minimum absolute atomic E-state index is 0.148. The second-order valence-corrected chi connectivity index (χ2v) is 8.34. The molecule has 0 aliphatic carbocycles. The van der Waals surface area contributed by atoms with Gasteiger partial charge in [-0.05, 0) is 31.8 Å². The molecule has 1 heterocycles. The summed E-state index contributed by atoms with van der Waals surface area (Å²) in [6.45, 7) is 1.89. The average Bonchev–Trinajstić information content (AvgIpc) is 3.27. The normalized spacial score (nSPS) is 11.8. The standard InChI is InChI=1S/C25H29F3N4O3/c1-31(2)12-11-29-24(33)21-17-35-23(30-21)16-32(15-19-8-4-5-10-22(19)34-3)14-18-7-6-9-20(13-18)25(26,27)28/h4-10,13,17H,11-12,14-16H2,1-3H3,(H,29,33). The molecule has 0 bridgehead atoms. The van der Waals surface area contributed by atoms with Gasteiger partial charge < -0.3 is 19.4 Å². The summed E-state index contributed by atoms with van der Waals surface area (Å²) in [5.74, 6) is 0.593. The van der Waals surface area contributed by atoms with Gasteiger partial charge in [0.1, 0.15) is 12.0 Å². The van der Waals surface area contributed by atoms with E-state index >= 15 is 0 Å². The van der Waals surface area contributed by atoms with E-state index in [0.29, 0.717) is 30.9 Å². The molecular weight excluding hydrogens is 461 g/mol. The van der Waals surface area contributed by atoms with Crippen molar-refractivity contribution in [3.8, 4) is 5.75 Å². The molecule has 0 spiro atoms. The number of ether oxygens (including phenoxy) is 1. The van der Waals surface area contributed by atoms with Crippen LogP contribution in [0.2, 0.25) is 0 Å². The van der Waals surface area contributed by atoms with E-state index in [1.165, 1.54) is 12.3 Å². The number of nitrogens with zero attached hydrogens (tertiary/aromatic N) is 3. The number of benzene rings is 2. The molecule has 7 nitrogen and oxygen atoms in total. The second kappa shape index (κ2) is 11.9. The van der Waals surface area contributed by atoms with Crippen molar-refractivity contribution in [1.29, 1.82) is 0 Å². The molecule has 0 aliphatic rings. The topological polar surface area (TPSA) is 70.8 Å². The molecule has 3 rings (SSSR count). The molecule has 188 valence electrons. The maximum Gasteiger partial charge on any atom is 0.416 e. The van der Waals surface area contributed by atoms with Crippen LogP contribution in [-0.2, 0) is 25.8 Å². The molecule has 1 amide bonds. The first-order chi connectivity index (χ1) is 16.7. The molecule has 0 fully saturated rings. The molecule has 0 radical (unpaired) electrons. The fourth-order valence-corrected chi connectivity index (χ4v) is 3.51. The first-order valence-corrected chi connectivity index (χ1v) is 11.0. The van der Waals surface area contributed by atoms with E-state index in [9.17, 15) is 18.0 Å². The average molecular weight is 491 g/mol. The van der Waals surface area contributed by atoms with Crippen molar-refractivity contribution in [3.63, 3.8) is 0 Å². The van der Waals surface area contributed by atoms with Gasteiger partial charge in [0, 0.05) is 31.7 Å². The molecular formula is C25H29F3N4O3. The summed E-state index contributed by atoms with van der Waals surface area (Å²) in [7, 11) is 5.37. The lowest BCUT2D eigenvalue weighted by molar-refractivity contribution is -0.137. The van der Waals surface area contributed by atoms with Crippen molar-refractivity contribution in [1.82, 2.24) is 20.1 Å². The van der Waals surface area contributed by atoms with Crippen LogP contribution < -0.4 is 10.1 Å². The third kappa shape index (κ3) is 7.83. The van der Waals surface area contributed by atoms with Crippen molar-refractivity contribution >= 4 is 5.91 Å². The fourth-order valence-electron chi connectivity index (χ4n) is 3.51. The van der Waals surface area contributed by atoms with Gasteiger partial charge >= 0.3 is 6.18 Å². The zero-order valence-corrected chi connectivity index (χ0v) is 19.9. The number of carbonyl (C=O) groups excluding carboxylic acids is 1. The maximum atomic E-state index is 13.2. The van der Waals surface area contributed by atoms with Gasteiger partial charge in [0.25, 0.3) is 5.91 Å². The van der Waals surface area contributed by atoms with E-state index in [2.05, 4.69) is 10.3 Å². The molecule has 0 aliphatic heterocycles. The molecule has 3 aromatic rings. The van der Waals surface area contributed by atoms with E-state index in [0.717, 1.165) is 17.7 Å². The van der Waals surface area contributed by atoms with Crippen LogP contribution in [0, 0.1) is 0 Å². The lowest BCUT2D eigenvalue weighted by atomic mass is 10.1. The number of amides is 1. The van der Waals surface area contributed by atoms with E-state index < -0.39 is 11.7 Å². The van der Waals surface area contributed by atoms with Crippen LogP contribution >= 0.6 is 0 Å². The van der Waals surface area contributed by atoms with Crippen molar-refractivity contribution in [3.05, 3.63) is 83.1 Å². The Morgan fingerprint density at radius 1 is 1.09 bits per heavy atom. The van der Waals surface area contributed by atoms with Crippen LogP contribution in [0.5, 0.6) is 5.75 Å². The summed E-state index contributed by atoms with van der Waals surface area (Å²) >= 11 is 0. The Morgan fingerprint density at radius 3 is 2.57 bits per heavy atom. The number of carbonyl (C=O) groups is 1. The minimum Gasteiger partial charge on any atom is -0.496 e. The predicted molar refractivity (Wildman–Crippen MR) is 125 cm³/mol. The van der Waals surface area contributed by atoms with E-state index in [1.54, 1.807) is 13.2 Å². The third-order valence-electron chi connectivity index (χ3n) is 5.23. The van der Waals surface area contributed by atoms with Gasteiger partial charge in [-0.3, -0.25) is 9.69 Å². The van der Waals surface area contributed by atoms with Gasteiger partial charge in [-0.15, -0.1) is 0 Å². The van der Waals surface area contributed by atoms with Gasteiger partial charge in [-0.25, -0.2) is 4.98 Å². The molecule has 0 saturated heterocycles. The molecule has 1 aromatic heterocycles. The van der Waals surface area contributed by atoms with Crippen molar-refractivity contribution in [2.45, 2.75) is 25.8 Å². The number of likely N-dealkylation sites (N-methyl/N-ethyl adjacent to an activating group) is 1. The van der Waals surface area contributed by atoms with Crippen molar-refractivity contribution < 1.29 is 27.1 Å². The lowest BCUT2D eigenvalue weighted by Gasteiger charge is -2.22. The van der Waals surface area contributed by atoms with Gasteiger partial charge in [0.2, 0.25) is 5.89 Å². The first kappa shape index (κ1) is 26.2. The number of para-hydroxylation sites is 1. The number of nitrogens with one attached hydrogen (secondary N) is 1. The van der Waals surface area contributed by atoms with E-state index in [-0.39, 0.29) is 30.6 Å². The third-order valence-corrected chi connectivity index (χ3v) is 5.23. The summed E-state index contributed by atoms with van der Waals surface area (Å²) in [6, 6.07) is 12.6. The van der Waals surface area contributed by atoms with Crippen LogP contribution in [0.4, 0.5) is 13.2 Å². The molecule has 1 N–H and O–H groups in total. The Bertz CT molecular complexity index is 1120. The SMILES string of the molecule is COc1ccccc1CN(Cc1cccc(C(F)(F)F)c1)Cc1nc(C(=O)NCCN(C)C)co1. The maximum absolute atomic E-state index is 13.2. The van der Waals surface area contributed by atoms with E-state index in [4.69, 9.17) is 9.15 Å². The molecule has 0 unspecified atom stereocenters. The Morgan fingerprint density at radius 2 is 1.86 bits per heavy atom. The largest absolute Gasteiger partial charge is 0.496 e. The molecule has 10 heteroatoms. The number of rotatable bonds is 11. The number of hydrogen-bond acceptors (Lipinski definition) is 6. The second-order valence-electron chi connectivity index (χ2n) is 8.34. The Kier molecular flexibility index (Phi) is 8.89. The number of oxazole rings is 1. The zero-order valence-electron chi connectivity index (χ0n) is 19.9. The smallest absolute Gasteiger partial charge is 0.416 e. The monoisotopic (exact) mass is 490 g/mol. The summed E-state index contributed by atoms with van der Waals surface area (Å²) in [6.07, 6.45) is -3.15. The number of hydrogen-bond donors (Lipinski definition) is 1. The lowest BCUT2D eigenvalue weighted by Crippen LogP contribution is -2.31. The van der Waals surface area contributed by atoms with Crippen LogP contribution in [-0.4, -0.2) is 55.0 Å². The van der Waals surface area contributed by atoms with Crippen LogP contribution in [0.1, 0.15) is 33.1 Å². The van der Waals surface area contributed by atoms with E-state index in [1.807, 2.05) is 48.2 Å². The highest BCUT2D eigenvalue weighted by molar-refractivity contribution is 5.91. The minimum atomic E-state index is -4.43. The van der Waals surface area contributed by atoms with Crippen molar-refractivity contribution in [2.24, 2.45) is 0 Å². The number of aromatic nitrogens is 1. The Balaban J connectivity index is 1.79. The highest BCUT2D eigenvalue weighted by Gasteiger charge is 2.30. The zero-order chi connectivity index (χ0) is 25.4. The van der Waals surface area contributed by atoms with Gasteiger partial charge in [0.05, 0.1) is 19.2 Å². The Hall–Kier alpha value is -3.37. The highest BCUT2D eigenvalue weighted by Crippen LogP contribution is 2.30. The Labute approximate surface area is 202 Å². The highest BCUT2D eigenvalue weighted by atomic mass is 19.4. The molecule has 0 saturated carbocycles. The van der Waals surface area contributed by atoms with Crippen LogP contribution in [0.25, 0.3) is 0 Å². The fraction of sp³-hybridized carbons (Fsp3) is 0.360. The predicted octanol–water partition coefficient (Wildman–Crippen LogP) is 4.20. The van der Waals surface area contributed by atoms with Crippen LogP contribution in [0.3, 0.4) is 0 Å². The van der Waals surface area contributed by atoms with Gasteiger partial charge in [-0.2, -0.15) is 13.2 Å².